The van der Waals surface area contributed by atoms with Crippen molar-refractivity contribution in [1.82, 2.24) is 29.8 Å². The molecule has 24 heavy (non-hydrogen) atoms. The fraction of sp³-hybridized carbons (Fsp3) is 0.438. The van der Waals surface area contributed by atoms with Crippen LogP contribution in [-0.4, -0.2) is 31.6 Å². The Morgan fingerprint density at radius 2 is 2.46 bits per heavy atom. The molecule has 7 nitrogen and oxygen atoms in total. The van der Waals surface area contributed by atoms with Crippen molar-refractivity contribution in [3.05, 3.63) is 40.9 Å². The van der Waals surface area contributed by atoms with Gasteiger partial charge in [0, 0.05) is 43.7 Å². The van der Waals surface area contributed by atoms with Crippen LogP contribution in [0.1, 0.15) is 36.5 Å². The van der Waals surface area contributed by atoms with Crippen molar-refractivity contribution < 1.29 is 4.79 Å². The molecule has 3 aromatic rings. The van der Waals surface area contributed by atoms with Gasteiger partial charge in [-0.3, -0.25) is 13.9 Å². The van der Waals surface area contributed by atoms with Gasteiger partial charge in [0.2, 0.25) is 5.91 Å². The molecule has 8 heteroatoms. The number of aromatic nitrogens is 4. The average molecular weight is 344 g/mol. The maximum Gasteiger partial charge on any atom is 0.220 e. The molecule has 0 unspecified atom stereocenters. The van der Waals surface area contributed by atoms with Gasteiger partial charge in [-0.1, -0.05) is 0 Å². The van der Waals surface area contributed by atoms with E-state index in [4.69, 9.17) is 0 Å². The maximum absolute atomic E-state index is 12.2. The van der Waals surface area contributed by atoms with Crippen LogP contribution in [0.25, 0.3) is 4.96 Å². The molecule has 4 heterocycles. The average Bonchev–Trinajstić information content (AvgIpc) is 3.26. The van der Waals surface area contributed by atoms with E-state index in [1.54, 1.807) is 11.3 Å². The molecular formula is C16H20N6OS. The summed E-state index contributed by atoms with van der Waals surface area (Å²) in [5, 5.41) is 12.9. The van der Waals surface area contributed by atoms with Crippen molar-refractivity contribution in [1.29, 1.82) is 0 Å². The first-order valence-corrected chi connectivity index (χ1v) is 9.05. The summed E-state index contributed by atoms with van der Waals surface area (Å²) in [6.45, 7) is 4.67. The molecule has 0 spiro atoms. The Bertz CT molecular complexity index is 811. The Morgan fingerprint density at radius 3 is 3.29 bits per heavy atom. The highest BCUT2D eigenvalue weighted by Gasteiger charge is 2.15. The highest BCUT2D eigenvalue weighted by Crippen LogP contribution is 2.17. The molecule has 126 valence electrons. The zero-order valence-electron chi connectivity index (χ0n) is 13.5. The second-order valence-electron chi connectivity index (χ2n) is 6.07. The quantitative estimate of drug-likeness (QED) is 0.735. The minimum Gasteiger partial charge on any atom is -0.348 e. The summed E-state index contributed by atoms with van der Waals surface area (Å²) in [7, 11) is 0. The summed E-state index contributed by atoms with van der Waals surface area (Å²) in [5.41, 5.74) is 3.07. The summed E-state index contributed by atoms with van der Waals surface area (Å²) in [6.07, 6.45) is 5.04. The van der Waals surface area contributed by atoms with E-state index < -0.39 is 0 Å². The van der Waals surface area contributed by atoms with Gasteiger partial charge in [-0.15, -0.1) is 11.3 Å². The first-order valence-electron chi connectivity index (χ1n) is 8.17. The number of hydrogen-bond donors (Lipinski definition) is 2. The first-order chi connectivity index (χ1) is 11.7. The largest absolute Gasteiger partial charge is 0.348 e. The normalized spacial score (nSPS) is 15.4. The first kappa shape index (κ1) is 15.3. The molecule has 0 radical (unpaired) electrons. The predicted molar refractivity (Wildman–Crippen MR) is 91.9 cm³/mol. The smallest absolute Gasteiger partial charge is 0.220 e. The summed E-state index contributed by atoms with van der Waals surface area (Å²) >= 11 is 1.59. The van der Waals surface area contributed by atoms with E-state index in [1.807, 2.05) is 33.8 Å². The third kappa shape index (κ3) is 3.07. The van der Waals surface area contributed by atoms with Gasteiger partial charge in [-0.05, 0) is 13.0 Å². The number of imidazole rings is 1. The number of amides is 1. The summed E-state index contributed by atoms with van der Waals surface area (Å²) in [6, 6.07) is 2.00. The molecule has 2 N–H and O–H groups in total. The third-order valence-corrected chi connectivity index (χ3v) is 5.03. The molecule has 0 bridgehead atoms. The Morgan fingerprint density at radius 1 is 1.54 bits per heavy atom. The summed E-state index contributed by atoms with van der Waals surface area (Å²) < 4.78 is 4.01. The maximum atomic E-state index is 12.2. The lowest BCUT2D eigenvalue weighted by Gasteiger charge is -2.13. The van der Waals surface area contributed by atoms with E-state index in [-0.39, 0.29) is 11.9 Å². The number of carbonyl (C=O) groups excluding carboxylic acids is 1. The second kappa shape index (κ2) is 6.37. The van der Waals surface area contributed by atoms with Crippen molar-refractivity contribution in [2.24, 2.45) is 0 Å². The number of carbonyl (C=O) groups is 1. The van der Waals surface area contributed by atoms with Crippen LogP contribution in [0, 0.1) is 0 Å². The van der Waals surface area contributed by atoms with Gasteiger partial charge in [0.1, 0.15) is 0 Å². The molecular weight excluding hydrogens is 324 g/mol. The number of hydrogen-bond acceptors (Lipinski definition) is 5. The SMILES string of the molecule is C[C@@H](NC(=O)CCc1cc2n(n1)CCNC2)c1cn2ccsc2n1. The molecule has 0 saturated carbocycles. The number of nitrogens with zero attached hydrogens (tertiary/aromatic N) is 4. The van der Waals surface area contributed by atoms with Crippen LogP contribution in [0.2, 0.25) is 0 Å². The van der Waals surface area contributed by atoms with Gasteiger partial charge in [0.25, 0.3) is 0 Å². The number of fused-ring (bicyclic) bond motifs is 2. The van der Waals surface area contributed by atoms with Gasteiger partial charge in [-0.25, -0.2) is 4.98 Å². The number of nitrogens with one attached hydrogen (secondary N) is 2. The van der Waals surface area contributed by atoms with Crippen LogP contribution in [0.3, 0.4) is 0 Å². The monoisotopic (exact) mass is 344 g/mol. The van der Waals surface area contributed by atoms with E-state index >= 15 is 0 Å². The third-order valence-electron chi connectivity index (χ3n) is 4.26. The molecule has 1 atom stereocenters. The van der Waals surface area contributed by atoms with E-state index in [9.17, 15) is 4.79 Å². The van der Waals surface area contributed by atoms with Crippen LogP contribution in [0.4, 0.5) is 0 Å². The number of thiazole rings is 1. The topological polar surface area (TPSA) is 76.2 Å². The van der Waals surface area contributed by atoms with Gasteiger partial charge < -0.3 is 10.6 Å². The Labute approximate surface area is 143 Å². The van der Waals surface area contributed by atoms with Crippen LogP contribution in [-0.2, 0) is 24.3 Å². The molecule has 4 rings (SSSR count). The molecule has 0 fully saturated rings. The van der Waals surface area contributed by atoms with Gasteiger partial charge in [0.05, 0.1) is 29.7 Å². The van der Waals surface area contributed by atoms with Gasteiger partial charge >= 0.3 is 0 Å². The summed E-state index contributed by atoms with van der Waals surface area (Å²) in [5.74, 6) is 0.0305. The number of aryl methyl sites for hydroxylation is 1. The zero-order chi connectivity index (χ0) is 16.5. The molecule has 1 aliphatic heterocycles. The highest BCUT2D eigenvalue weighted by molar-refractivity contribution is 7.15. The Balaban J connectivity index is 1.32. The van der Waals surface area contributed by atoms with Crippen molar-refractivity contribution in [3.63, 3.8) is 0 Å². The minimum atomic E-state index is -0.0935. The Kier molecular flexibility index (Phi) is 4.07. The lowest BCUT2D eigenvalue weighted by molar-refractivity contribution is -0.121. The second-order valence-corrected chi connectivity index (χ2v) is 6.95. The molecule has 1 aliphatic rings. The van der Waals surface area contributed by atoms with Gasteiger partial charge in [-0.2, -0.15) is 5.10 Å². The van der Waals surface area contributed by atoms with E-state index in [0.717, 1.165) is 36.0 Å². The molecule has 0 saturated heterocycles. The lowest BCUT2D eigenvalue weighted by Crippen LogP contribution is -2.28. The Hall–Kier alpha value is -2.19. The van der Waals surface area contributed by atoms with Gasteiger partial charge in [0.15, 0.2) is 4.96 Å². The molecule has 3 aromatic heterocycles. The van der Waals surface area contributed by atoms with Crippen LogP contribution >= 0.6 is 11.3 Å². The fourth-order valence-corrected chi connectivity index (χ4v) is 3.66. The molecule has 1 amide bonds. The van der Waals surface area contributed by atoms with Crippen LogP contribution in [0.15, 0.2) is 23.8 Å². The fourth-order valence-electron chi connectivity index (χ4n) is 2.96. The molecule has 0 aromatic carbocycles. The van der Waals surface area contributed by atoms with E-state index in [0.29, 0.717) is 12.8 Å². The number of rotatable bonds is 5. The van der Waals surface area contributed by atoms with E-state index in [2.05, 4.69) is 26.8 Å². The van der Waals surface area contributed by atoms with Crippen molar-refractivity contribution in [2.45, 2.75) is 38.9 Å². The van der Waals surface area contributed by atoms with Crippen molar-refractivity contribution in [3.8, 4) is 0 Å². The standard InChI is InChI=1S/C16H20N6OS/c1-11(14-10-21-6-7-24-16(21)19-14)18-15(23)3-2-12-8-13-9-17-4-5-22(13)20-12/h6-8,10-11,17H,2-5,9H2,1H3,(H,18,23)/t11-/m1/s1. The molecule has 0 aliphatic carbocycles. The lowest BCUT2D eigenvalue weighted by atomic mass is 10.2. The summed E-state index contributed by atoms with van der Waals surface area (Å²) in [4.78, 5) is 17.7. The predicted octanol–water partition coefficient (Wildman–Crippen LogP) is 1.51. The van der Waals surface area contributed by atoms with E-state index in [1.165, 1.54) is 5.69 Å². The van der Waals surface area contributed by atoms with Crippen molar-refractivity contribution >= 4 is 22.2 Å². The highest BCUT2D eigenvalue weighted by atomic mass is 32.1. The van der Waals surface area contributed by atoms with Crippen molar-refractivity contribution in [2.75, 3.05) is 6.54 Å². The van der Waals surface area contributed by atoms with Crippen LogP contribution < -0.4 is 10.6 Å². The minimum absolute atomic E-state index is 0.0305. The zero-order valence-corrected chi connectivity index (χ0v) is 14.3. The van der Waals surface area contributed by atoms with Crippen LogP contribution in [0.5, 0.6) is 0 Å².